The Morgan fingerprint density at radius 1 is 0.643 bits per heavy atom. The summed E-state index contributed by atoms with van der Waals surface area (Å²) in [5, 5.41) is 0. The SMILES string of the molecule is CCCCCCCCCCCCCCCCCCOC(=O)C(C)(C)[N+](C)(C)C. The van der Waals surface area contributed by atoms with Crippen LogP contribution in [0, 0.1) is 0 Å². The molecule has 0 aliphatic carbocycles. The summed E-state index contributed by atoms with van der Waals surface area (Å²) < 4.78 is 6.09. The van der Waals surface area contributed by atoms with Gasteiger partial charge in [0.25, 0.3) is 0 Å². The van der Waals surface area contributed by atoms with E-state index in [0.29, 0.717) is 11.1 Å². The Morgan fingerprint density at radius 3 is 1.29 bits per heavy atom. The van der Waals surface area contributed by atoms with Crippen molar-refractivity contribution in [1.29, 1.82) is 0 Å². The van der Waals surface area contributed by atoms with Gasteiger partial charge >= 0.3 is 5.97 Å². The molecule has 0 aliphatic rings. The number of hydrogen-bond donors (Lipinski definition) is 0. The van der Waals surface area contributed by atoms with E-state index in [-0.39, 0.29) is 5.97 Å². The van der Waals surface area contributed by atoms with Gasteiger partial charge in [0.2, 0.25) is 0 Å². The van der Waals surface area contributed by atoms with E-state index < -0.39 is 5.54 Å². The first-order chi connectivity index (χ1) is 13.2. The molecule has 0 aromatic rings. The molecular weight excluding hydrogens is 346 g/mol. The molecule has 0 saturated carbocycles. The van der Waals surface area contributed by atoms with Gasteiger partial charge in [-0.3, -0.25) is 0 Å². The zero-order valence-electron chi connectivity index (χ0n) is 20.3. The van der Waals surface area contributed by atoms with Gasteiger partial charge in [-0.15, -0.1) is 0 Å². The number of quaternary nitrogens is 1. The molecule has 0 atom stereocenters. The highest BCUT2D eigenvalue weighted by molar-refractivity contribution is 5.78. The summed E-state index contributed by atoms with van der Waals surface area (Å²) in [6.07, 6.45) is 21.8. The van der Waals surface area contributed by atoms with Crippen LogP contribution in [0.5, 0.6) is 0 Å². The Bertz CT molecular complexity index is 371. The van der Waals surface area contributed by atoms with E-state index in [4.69, 9.17) is 4.74 Å². The molecular formula is C25H52NO2+. The largest absolute Gasteiger partial charge is 0.461 e. The predicted molar refractivity (Wildman–Crippen MR) is 123 cm³/mol. The molecule has 0 aromatic heterocycles. The molecule has 0 N–H and O–H groups in total. The molecule has 0 spiro atoms. The number of unbranched alkanes of at least 4 members (excludes halogenated alkanes) is 15. The molecule has 168 valence electrons. The normalized spacial score (nSPS) is 12.4. The minimum Gasteiger partial charge on any atom is -0.461 e. The second-order valence-corrected chi connectivity index (χ2v) is 10.0. The average Bonchev–Trinajstić information content (AvgIpc) is 2.63. The Balaban J connectivity index is 3.33. The number of rotatable bonds is 19. The van der Waals surface area contributed by atoms with Crippen molar-refractivity contribution < 1.29 is 14.0 Å². The summed E-state index contributed by atoms with van der Waals surface area (Å²) in [5.41, 5.74) is -0.491. The number of carbonyl (C=O) groups excluding carboxylic acids is 1. The van der Waals surface area contributed by atoms with Crippen molar-refractivity contribution in [2.75, 3.05) is 27.7 Å². The third-order valence-electron chi connectivity index (χ3n) is 6.41. The maximum atomic E-state index is 12.2. The van der Waals surface area contributed by atoms with Crippen LogP contribution in [-0.4, -0.2) is 43.7 Å². The molecule has 0 aromatic carbocycles. The fraction of sp³-hybridized carbons (Fsp3) is 0.960. The van der Waals surface area contributed by atoms with Crippen LogP contribution in [0.25, 0.3) is 0 Å². The molecule has 0 aliphatic heterocycles. The zero-order valence-corrected chi connectivity index (χ0v) is 20.3. The molecule has 0 radical (unpaired) electrons. The second kappa shape index (κ2) is 16.3. The third kappa shape index (κ3) is 13.6. The van der Waals surface area contributed by atoms with E-state index in [9.17, 15) is 4.79 Å². The van der Waals surface area contributed by atoms with E-state index >= 15 is 0 Å². The summed E-state index contributed by atoms with van der Waals surface area (Å²) >= 11 is 0. The van der Waals surface area contributed by atoms with Crippen molar-refractivity contribution in [3.05, 3.63) is 0 Å². The van der Waals surface area contributed by atoms with Crippen molar-refractivity contribution in [2.45, 2.75) is 129 Å². The molecule has 28 heavy (non-hydrogen) atoms. The van der Waals surface area contributed by atoms with Gasteiger partial charge in [0, 0.05) is 13.8 Å². The van der Waals surface area contributed by atoms with Gasteiger partial charge < -0.3 is 9.22 Å². The van der Waals surface area contributed by atoms with Gasteiger partial charge in [0.05, 0.1) is 27.7 Å². The number of carbonyl (C=O) groups is 1. The topological polar surface area (TPSA) is 26.3 Å². The van der Waals surface area contributed by atoms with Crippen molar-refractivity contribution >= 4 is 5.97 Å². The Hall–Kier alpha value is -0.570. The number of likely N-dealkylation sites (N-methyl/N-ethyl adjacent to an activating group) is 1. The lowest BCUT2D eigenvalue weighted by Crippen LogP contribution is -2.58. The van der Waals surface area contributed by atoms with Crippen LogP contribution in [-0.2, 0) is 9.53 Å². The summed E-state index contributed by atoms with van der Waals surface area (Å²) in [6.45, 7) is 6.78. The van der Waals surface area contributed by atoms with Gasteiger partial charge in [-0.2, -0.15) is 0 Å². The van der Waals surface area contributed by atoms with Crippen LogP contribution < -0.4 is 0 Å². The van der Waals surface area contributed by atoms with Crippen LogP contribution in [0.4, 0.5) is 0 Å². The van der Waals surface area contributed by atoms with E-state index in [0.717, 1.165) is 6.42 Å². The summed E-state index contributed by atoms with van der Waals surface area (Å²) in [5.74, 6) is -0.0824. The molecule has 3 heteroatoms. The quantitative estimate of drug-likeness (QED) is 0.130. The maximum absolute atomic E-state index is 12.2. The van der Waals surface area contributed by atoms with E-state index in [2.05, 4.69) is 6.92 Å². The molecule has 3 nitrogen and oxygen atoms in total. The van der Waals surface area contributed by atoms with Crippen LogP contribution in [0.3, 0.4) is 0 Å². The first kappa shape index (κ1) is 27.4. The maximum Gasteiger partial charge on any atom is 0.367 e. The number of hydrogen-bond acceptors (Lipinski definition) is 2. The molecule has 0 rings (SSSR count). The van der Waals surface area contributed by atoms with Crippen LogP contribution in [0.2, 0.25) is 0 Å². The lowest BCUT2D eigenvalue weighted by atomic mass is 10.0. The van der Waals surface area contributed by atoms with E-state index in [1.165, 1.54) is 96.3 Å². The van der Waals surface area contributed by atoms with Gasteiger partial charge in [-0.05, 0) is 6.42 Å². The highest BCUT2D eigenvalue weighted by Gasteiger charge is 2.42. The molecule has 0 heterocycles. The predicted octanol–water partition coefficient (Wildman–Crippen LogP) is 7.28. The van der Waals surface area contributed by atoms with Crippen molar-refractivity contribution in [3.63, 3.8) is 0 Å². The van der Waals surface area contributed by atoms with Crippen molar-refractivity contribution in [2.24, 2.45) is 0 Å². The number of ether oxygens (including phenoxy) is 1. The number of nitrogens with zero attached hydrogens (tertiary/aromatic N) is 1. The lowest BCUT2D eigenvalue weighted by Gasteiger charge is -2.38. The number of esters is 1. The molecule has 0 fully saturated rings. The Morgan fingerprint density at radius 2 is 0.964 bits per heavy atom. The monoisotopic (exact) mass is 398 g/mol. The van der Waals surface area contributed by atoms with Gasteiger partial charge in [-0.25, -0.2) is 4.79 Å². The molecule has 0 saturated heterocycles. The summed E-state index contributed by atoms with van der Waals surface area (Å²) in [6, 6.07) is 0. The summed E-state index contributed by atoms with van der Waals surface area (Å²) in [4.78, 5) is 12.2. The molecule has 0 unspecified atom stereocenters. The Labute approximate surface area is 177 Å². The summed E-state index contributed by atoms with van der Waals surface area (Å²) in [7, 11) is 6.11. The van der Waals surface area contributed by atoms with Gasteiger partial charge in [0.1, 0.15) is 0 Å². The first-order valence-corrected chi connectivity index (χ1v) is 12.2. The molecule has 0 bridgehead atoms. The Kier molecular flexibility index (Phi) is 15.9. The minimum absolute atomic E-state index is 0.0824. The average molecular weight is 399 g/mol. The molecule has 0 amide bonds. The second-order valence-electron chi connectivity index (χ2n) is 10.0. The van der Waals surface area contributed by atoms with Crippen molar-refractivity contribution in [1.82, 2.24) is 0 Å². The van der Waals surface area contributed by atoms with E-state index in [1.807, 2.05) is 35.0 Å². The highest BCUT2D eigenvalue weighted by atomic mass is 16.5. The van der Waals surface area contributed by atoms with Gasteiger partial charge in [-0.1, -0.05) is 103 Å². The van der Waals surface area contributed by atoms with Crippen molar-refractivity contribution in [3.8, 4) is 0 Å². The standard InChI is InChI=1S/C25H52NO2/c1-7-8-9-10-11-12-13-14-15-16-17-18-19-20-21-22-23-28-24(27)25(2,3)26(4,5)6/h7-23H2,1-6H3/q+1. The fourth-order valence-corrected chi connectivity index (χ4v) is 3.27. The van der Waals surface area contributed by atoms with Gasteiger partial charge in [0.15, 0.2) is 5.54 Å². The smallest absolute Gasteiger partial charge is 0.367 e. The third-order valence-corrected chi connectivity index (χ3v) is 6.41. The first-order valence-electron chi connectivity index (χ1n) is 12.2. The zero-order chi connectivity index (χ0) is 21.3. The van der Waals surface area contributed by atoms with Crippen LogP contribution in [0.1, 0.15) is 124 Å². The lowest BCUT2D eigenvalue weighted by molar-refractivity contribution is -0.909. The minimum atomic E-state index is -0.491. The van der Waals surface area contributed by atoms with Crippen LogP contribution in [0.15, 0.2) is 0 Å². The fourth-order valence-electron chi connectivity index (χ4n) is 3.27. The highest BCUT2D eigenvalue weighted by Crippen LogP contribution is 2.19. The van der Waals surface area contributed by atoms with E-state index in [1.54, 1.807) is 0 Å². The van der Waals surface area contributed by atoms with Crippen LogP contribution >= 0.6 is 0 Å².